The van der Waals surface area contributed by atoms with Gasteiger partial charge in [-0.3, -0.25) is 38.4 Å². The molecule has 0 spiro atoms. The van der Waals surface area contributed by atoms with Crippen LogP contribution in [0.5, 0.6) is 0 Å². The van der Waals surface area contributed by atoms with Gasteiger partial charge in [-0.15, -0.1) is 0 Å². The van der Waals surface area contributed by atoms with Crippen LogP contribution in [0.4, 0.5) is 0 Å². The van der Waals surface area contributed by atoms with Crippen molar-refractivity contribution in [1.29, 1.82) is 0 Å². The van der Waals surface area contributed by atoms with Crippen LogP contribution < -0.4 is 59.7 Å². The molecule has 1 rings (SSSR count). The van der Waals surface area contributed by atoms with Crippen molar-refractivity contribution in [2.45, 2.75) is 31.0 Å². The molecule has 1 heterocycles. The summed E-state index contributed by atoms with van der Waals surface area (Å²) in [6.07, 6.45) is -0.159. The third-order valence-corrected chi connectivity index (χ3v) is 5.27. The molecule has 0 aliphatic carbocycles. The fourth-order valence-corrected chi connectivity index (χ4v) is 3.04. The predicted molar refractivity (Wildman–Crippen MR) is 137 cm³/mol. The van der Waals surface area contributed by atoms with Crippen molar-refractivity contribution >= 4 is 47.3 Å². The van der Waals surface area contributed by atoms with E-state index in [0.717, 1.165) is 0 Å². The second kappa shape index (κ2) is 18.0. The highest BCUT2D eigenvalue weighted by Gasteiger charge is 2.28. The van der Waals surface area contributed by atoms with E-state index in [0.29, 0.717) is 0 Å². The van der Waals surface area contributed by atoms with E-state index in [4.69, 9.17) is 17.2 Å². The van der Waals surface area contributed by atoms with Crippen LogP contribution in [0.3, 0.4) is 0 Å². The number of hydrogen-bond donors (Lipinski definition) is 11. The van der Waals surface area contributed by atoms with E-state index in [-0.39, 0.29) is 32.5 Å². The number of amides is 8. The van der Waals surface area contributed by atoms with Crippen molar-refractivity contribution in [1.82, 2.24) is 42.5 Å². The number of carbonyl (C=O) groups is 8. The van der Waals surface area contributed by atoms with Gasteiger partial charge in [0.05, 0.1) is 38.8 Å². The molecule has 1 fully saturated rings. The largest absolute Gasteiger partial charge is 0.354 e. The smallest absolute Gasteiger partial charge is 0.243 e. The first kappa shape index (κ1) is 33.7. The topological polar surface area (TPSA) is 311 Å². The van der Waals surface area contributed by atoms with Gasteiger partial charge in [0, 0.05) is 13.1 Å². The van der Waals surface area contributed by atoms with Crippen LogP contribution in [-0.4, -0.2) is 118 Å². The van der Waals surface area contributed by atoms with Gasteiger partial charge in [-0.25, -0.2) is 0 Å². The summed E-state index contributed by atoms with van der Waals surface area (Å²) in [5.41, 5.74) is 16.6. The molecule has 0 aromatic heterocycles. The molecular weight excluding hydrogens is 534 g/mol. The van der Waals surface area contributed by atoms with Gasteiger partial charge < -0.3 is 59.7 Å². The molecular formula is C21H37N11O8. The standard InChI is InChI=1S/C21H37N11O8/c22-3-1-12-20(39)30-10-18(37)29-9-17(36)28-8-16(35)27-7-15(34)26-6-14(33)25-4-2-13(21(40)32-12)31-19(38)11(24)5-23/h11-13H,1-10,22-24H2,(H,25,33)(H,26,34)(H,27,35)(H,28,36)(H,29,37)(H,30,39)(H,31,38)(H,32,40). The minimum atomic E-state index is -1.26. The molecule has 3 unspecified atom stereocenters. The minimum absolute atomic E-state index is 0.0187. The Morgan fingerprint density at radius 2 is 1.18 bits per heavy atom. The number of nitrogens with two attached hydrogens (primary N) is 3. The van der Waals surface area contributed by atoms with E-state index in [2.05, 4.69) is 42.5 Å². The summed E-state index contributed by atoms with van der Waals surface area (Å²) in [4.78, 5) is 97.5. The van der Waals surface area contributed by atoms with Gasteiger partial charge in [-0.05, 0) is 19.4 Å². The third-order valence-electron chi connectivity index (χ3n) is 5.27. The fraction of sp³-hybridized carbons (Fsp3) is 0.619. The summed E-state index contributed by atoms with van der Waals surface area (Å²) in [5, 5.41) is 18.6. The molecule has 1 aliphatic rings. The Bertz CT molecular complexity index is 961. The lowest BCUT2D eigenvalue weighted by atomic mass is 10.1. The van der Waals surface area contributed by atoms with Crippen LogP contribution in [0, 0.1) is 0 Å². The summed E-state index contributed by atoms with van der Waals surface area (Å²) < 4.78 is 0. The number of hydrogen-bond acceptors (Lipinski definition) is 11. The van der Waals surface area contributed by atoms with Crippen molar-refractivity contribution < 1.29 is 38.4 Å². The van der Waals surface area contributed by atoms with Gasteiger partial charge in [0.1, 0.15) is 12.1 Å². The molecule has 19 heteroatoms. The lowest BCUT2D eigenvalue weighted by Crippen LogP contribution is -2.58. The first-order valence-corrected chi connectivity index (χ1v) is 12.3. The first-order chi connectivity index (χ1) is 19.0. The highest BCUT2D eigenvalue weighted by Crippen LogP contribution is 1.98. The van der Waals surface area contributed by atoms with E-state index in [1.54, 1.807) is 0 Å². The van der Waals surface area contributed by atoms with E-state index < -0.39 is 98.1 Å². The van der Waals surface area contributed by atoms with Crippen molar-refractivity contribution in [3.8, 4) is 0 Å². The maximum Gasteiger partial charge on any atom is 0.243 e. The lowest BCUT2D eigenvalue weighted by Gasteiger charge is -2.24. The summed E-state index contributed by atoms with van der Waals surface area (Å²) in [5.74, 6) is -5.79. The van der Waals surface area contributed by atoms with E-state index in [1.165, 1.54) is 0 Å². The van der Waals surface area contributed by atoms with Gasteiger partial charge in [0.25, 0.3) is 0 Å². The number of rotatable bonds is 5. The van der Waals surface area contributed by atoms with Crippen molar-refractivity contribution in [2.24, 2.45) is 17.2 Å². The zero-order valence-electron chi connectivity index (χ0n) is 21.8. The van der Waals surface area contributed by atoms with Gasteiger partial charge in [0.2, 0.25) is 47.3 Å². The van der Waals surface area contributed by atoms with Crippen LogP contribution in [0.15, 0.2) is 0 Å². The van der Waals surface area contributed by atoms with E-state index in [1.807, 2.05) is 0 Å². The Labute approximate surface area is 229 Å². The third kappa shape index (κ3) is 13.4. The van der Waals surface area contributed by atoms with Crippen molar-refractivity contribution in [3.63, 3.8) is 0 Å². The summed E-state index contributed by atoms with van der Waals surface area (Å²) in [6, 6.07) is -3.58. The van der Waals surface area contributed by atoms with Crippen LogP contribution in [0.25, 0.3) is 0 Å². The molecule has 0 aromatic rings. The zero-order valence-corrected chi connectivity index (χ0v) is 21.8. The SMILES string of the molecule is NCCC1NC(=O)C(NC(=O)C(N)CN)CCNC(=O)CNC(=O)CNC(=O)CNC(=O)CNC(=O)CNC1=O. The lowest BCUT2D eigenvalue weighted by molar-refractivity contribution is -0.133. The number of carbonyl (C=O) groups excluding carboxylic acids is 8. The average Bonchev–Trinajstić information content (AvgIpc) is 2.93. The minimum Gasteiger partial charge on any atom is -0.354 e. The van der Waals surface area contributed by atoms with Gasteiger partial charge in [-0.1, -0.05) is 0 Å². The second-order valence-electron chi connectivity index (χ2n) is 8.51. The summed E-state index contributed by atoms with van der Waals surface area (Å²) in [6.45, 7) is -2.82. The Hall–Kier alpha value is -4.36. The molecule has 0 saturated carbocycles. The molecule has 8 amide bonds. The van der Waals surface area contributed by atoms with Crippen LogP contribution in [0.1, 0.15) is 12.8 Å². The van der Waals surface area contributed by atoms with Crippen molar-refractivity contribution in [3.05, 3.63) is 0 Å². The molecule has 3 atom stereocenters. The molecule has 0 aromatic carbocycles. The van der Waals surface area contributed by atoms with E-state index in [9.17, 15) is 38.4 Å². The molecule has 0 radical (unpaired) electrons. The van der Waals surface area contributed by atoms with Gasteiger partial charge in [0.15, 0.2) is 0 Å². The Balaban J connectivity index is 3.02. The Morgan fingerprint density at radius 3 is 1.62 bits per heavy atom. The molecule has 19 nitrogen and oxygen atoms in total. The summed E-state index contributed by atoms with van der Waals surface area (Å²) >= 11 is 0. The van der Waals surface area contributed by atoms with Crippen LogP contribution >= 0.6 is 0 Å². The van der Waals surface area contributed by atoms with Gasteiger partial charge >= 0.3 is 0 Å². The molecule has 224 valence electrons. The van der Waals surface area contributed by atoms with Crippen LogP contribution in [0.2, 0.25) is 0 Å². The molecule has 14 N–H and O–H groups in total. The predicted octanol–water partition coefficient (Wildman–Crippen LogP) is -8.31. The Morgan fingerprint density at radius 1 is 0.725 bits per heavy atom. The molecule has 1 saturated heterocycles. The number of nitrogens with one attached hydrogen (secondary N) is 8. The molecule has 0 bridgehead atoms. The Kier molecular flexibility index (Phi) is 15.2. The second-order valence-corrected chi connectivity index (χ2v) is 8.51. The van der Waals surface area contributed by atoms with Crippen LogP contribution in [-0.2, 0) is 38.4 Å². The quantitative estimate of drug-likeness (QED) is 0.147. The van der Waals surface area contributed by atoms with E-state index >= 15 is 0 Å². The first-order valence-electron chi connectivity index (χ1n) is 12.3. The normalized spacial score (nSPS) is 22.2. The zero-order chi connectivity index (χ0) is 30.1. The molecule has 1 aliphatic heterocycles. The highest BCUT2D eigenvalue weighted by molar-refractivity contribution is 5.95. The van der Waals surface area contributed by atoms with Gasteiger partial charge in [-0.2, -0.15) is 0 Å². The summed E-state index contributed by atoms with van der Waals surface area (Å²) in [7, 11) is 0. The van der Waals surface area contributed by atoms with Crippen molar-refractivity contribution in [2.75, 3.05) is 52.4 Å². The monoisotopic (exact) mass is 571 g/mol. The molecule has 40 heavy (non-hydrogen) atoms. The fourth-order valence-electron chi connectivity index (χ4n) is 3.04. The maximum atomic E-state index is 13.0. The average molecular weight is 572 g/mol. The maximum absolute atomic E-state index is 13.0. The highest BCUT2D eigenvalue weighted by atomic mass is 16.2.